The number of hydrogen-bond acceptors (Lipinski definition) is 1. The molecule has 0 unspecified atom stereocenters. The summed E-state index contributed by atoms with van der Waals surface area (Å²) in [5.74, 6) is 0.230. The van der Waals surface area contributed by atoms with Crippen molar-refractivity contribution in [2.45, 2.75) is 19.3 Å². The lowest BCUT2D eigenvalue weighted by Crippen LogP contribution is -2.13. The maximum absolute atomic E-state index is 13.1. The van der Waals surface area contributed by atoms with Crippen molar-refractivity contribution >= 4 is 22.6 Å². The quantitative estimate of drug-likeness (QED) is 0.392. The molecule has 0 aliphatic heterocycles. The van der Waals surface area contributed by atoms with Crippen LogP contribution in [-0.4, -0.2) is 5.78 Å². The summed E-state index contributed by atoms with van der Waals surface area (Å²) in [5, 5.41) is 2.45. The van der Waals surface area contributed by atoms with Crippen LogP contribution in [-0.2, 0) is 12.8 Å². The first-order valence-electron chi connectivity index (χ1n) is 10.2. The monoisotopic (exact) mass is 374 g/mol. The second-order valence-corrected chi connectivity index (χ2v) is 7.65. The Labute approximate surface area is 171 Å². The van der Waals surface area contributed by atoms with Crippen molar-refractivity contribution in [2.24, 2.45) is 0 Å². The summed E-state index contributed by atoms with van der Waals surface area (Å²) < 4.78 is 0. The SMILES string of the molecule is O=C1CC=Cc2c1c(Cc1ccccc1)c1ccccc1c2Cc1ccccc1. The Hall–Kier alpha value is -3.45. The maximum atomic E-state index is 13.1. The third-order valence-electron chi connectivity index (χ3n) is 5.79. The van der Waals surface area contributed by atoms with Crippen LogP contribution in [0, 0.1) is 0 Å². The Morgan fingerprint density at radius 1 is 0.621 bits per heavy atom. The summed E-state index contributed by atoms with van der Waals surface area (Å²) in [6, 6.07) is 29.5. The zero-order valence-corrected chi connectivity index (χ0v) is 16.3. The van der Waals surface area contributed by atoms with Crippen LogP contribution in [0.2, 0.25) is 0 Å². The maximum Gasteiger partial charge on any atom is 0.167 e. The number of carbonyl (C=O) groups excluding carboxylic acids is 1. The van der Waals surface area contributed by atoms with E-state index in [1.165, 1.54) is 27.5 Å². The Bertz CT molecular complexity index is 1220. The van der Waals surface area contributed by atoms with Gasteiger partial charge in [0.05, 0.1) is 0 Å². The van der Waals surface area contributed by atoms with Crippen molar-refractivity contribution < 1.29 is 4.79 Å². The number of hydrogen-bond donors (Lipinski definition) is 0. The second kappa shape index (κ2) is 7.52. The van der Waals surface area contributed by atoms with Crippen LogP contribution in [0.3, 0.4) is 0 Å². The normalized spacial score (nSPS) is 12.9. The largest absolute Gasteiger partial charge is 0.294 e. The molecular formula is C28H22O. The van der Waals surface area contributed by atoms with Gasteiger partial charge in [0.15, 0.2) is 5.78 Å². The van der Waals surface area contributed by atoms with E-state index in [0.717, 1.165) is 29.5 Å². The van der Waals surface area contributed by atoms with Crippen LogP contribution < -0.4 is 0 Å². The molecule has 1 heteroatoms. The van der Waals surface area contributed by atoms with Crippen molar-refractivity contribution in [3.05, 3.63) is 124 Å². The number of carbonyl (C=O) groups is 1. The van der Waals surface area contributed by atoms with E-state index < -0.39 is 0 Å². The van der Waals surface area contributed by atoms with Crippen LogP contribution >= 0.6 is 0 Å². The van der Waals surface area contributed by atoms with Gasteiger partial charge in [-0.2, -0.15) is 0 Å². The van der Waals surface area contributed by atoms with Gasteiger partial charge < -0.3 is 0 Å². The molecule has 4 aromatic carbocycles. The van der Waals surface area contributed by atoms with Gasteiger partial charge in [0, 0.05) is 12.0 Å². The molecule has 29 heavy (non-hydrogen) atoms. The summed E-state index contributed by atoms with van der Waals surface area (Å²) in [6.45, 7) is 0. The molecule has 0 heterocycles. The highest BCUT2D eigenvalue weighted by atomic mass is 16.1. The molecule has 0 aromatic heterocycles. The molecule has 0 amide bonds. The lowest BCUT2D eigenvalue weighted by molar-refractivity contribution is 0.0994. The summed E-state index contributed by atoms with van der Waals surface area (Å²) in [4.78, 5) is 13.1. The fourth-order valence-corrected chi connectivity index (χ4v) is 4.46. The van der Waals surface area contributed by atoms with Crippen molar-refractivity contribution in [1.29, 1.82) is 0 Å². The van der Waals surface area contributed by atoms with Gasteiger partial charge in [-0.25, -0.2) is 0 Å². The fourth-order valence-electron chi connectivity index (χ4n) is 4.46. The summed E-state index contributed by atoms with van der Waals surface area (Å²) in [5.41, 5.74) is 6.94. The predicted molar refractivity (Wildman–Crippen MR) is 120 cm³/mol. The Balaban J connectivity index is 1.78. The molecule has 0 bridgehead atoms. The molecule has 1 aliphatic carbocycles. The smallest absolute Gasteiger partial charge is 0.167 e. The Morgan fingerprint density at radius 3 is 1.76 bits per heavy atom. The number of benzene rings is 4. The zero-order chi connectivity index (χ0) is 19.6. The average molecular weight is 374 g/mol. The fraction of sp³-hybridized carbons (Fsp3) is 0.107. The predicted octanol–water partition coefficient (Wildman–Crippen LogP) is 6.62. The number of allylic oxidation sites excluding steroid dienone is 1. The highest BCUT2D eigenvalue weighted by Gasteiger charge is 2.24. The van der Waals surface area contributed by atoms with Gasteiger partial charge in [-0.1, -0.05) is 97.1 Å². The lowest BCUT2D eigenvalue weighted by Gasteiger charge is -2.22. The molecular weight excluding hydrogens is 352 g/mol. The van der Waals surface area contributed by atoms with Crippen molar-refractivity contribution in [2.75, 3.05) is 0 Å². The van der Waals surface area contributed by atoms with E-state index in [2.05, 4.69) is 78.9 Å². The third-order valence-corrected chi connectivity index (χ3v) is 5.79. The summed E-state index contributed by atoms with van der Waals surface area (Å²) in [7, 11) is 0. The lowest BCUT2D eigenvalue weighted by atomic mass is 9.80. The molecule has 0 spiro atoms. The molecule has 5 rings (SSSR count). The van der Waals surface area contributed by atoms with Crippen molar-refractivity contribution in [3.63, 3.8) is 0 Å². The van der Waals surface area contributed by atoms with E-state index in [9.17, 15) is 4.79 Å². The molecule has 0 atom stereocenters. The van der Waals surface area contributed by atoms with E-state index in [-0.39, 0.29) is 5.78 Å². The van der Waals surface area contributed by atoms with E-state index in [1.807, 2.05) is 18.2 Å². The summed E-state index contributed by atoms with van der Waals surface area (Å²) >= 11 is 0. The van der Waals surface area contributed by atoms with E-state index in [4.69, 9.17) is 0 Å². The van der Waals surface area contributed by atoms with Gasteiger partial charge in [-0.05, 0) is 51.4 Å². The number of Topliss-reactive ketones (excluding diaryl/α,β-unsaturated/α-hetero) is 1. The number of fused-ring (bicyclic) bond motifs is 2. The van der Waals surface area contributed by atoms with Crippen LogP contribution in [0.25, 0.3) is 16.8 Å². The molecule has 1 aliphatic rings. The average Bonchev–Trinajstić information content (AvgIpc) is 2.77. The van der Waals surface area contributed by atoms with Crippen LogP contribution in [0.4, 0.5) is 0 Å². The standard InChI is InChI=1S/C28H22O/c29-27-17-9-16-24-25(18-20-10-3-1-4-11-20)22-14-7-8-15-23(22)26(28(24)27)19-21-12-5-2-6-13-21/h1-16H,17-19H2. The molecule has 1 nitrogen and oxygen atoms in total. The molecule has 0 fully saturated rings. The van der Waals surface area contributed by atoms with E-state index >= 15 is 0 Å². The van der Waals surface area contributed by atoms with Crippen LogP contribution in [0.15, 0.2) is 91.0 Å². The van der Waals surface area contributed by atoms with Gasteiger partial charge in [0.1, 0.15) is 0 Å². The Morgan fingerprint density at radius 2 is 1.14 bits per heavy atom. The first-order chi connectivity index (χ1) is 14.3. The zero-order valence-electron chi connectivity index (χ0n) is 16.3. The van der Waals surface area contributed by atoms with E-state index in [1.54, 1.807) is 0 Å². The second-order valence-electron chi connectivity index (χ2n) is 7.65. The van der Waals surface area contributed by atoms with Crippen molar-refractivity contribution in [3.8, 4) is 0 Å². The van der Waals surface area contributed by atoms with Gasteiger partial charge in [-0.15, -0.1) is 0 Å². The summed E-state index contributed by atoms with van der Waals surface area (Å²) in [6.07, 6.45) is 6.26. The number of ketones is 1. The van der Waals surface area contributed by atoms with Crippen LogP contribution in [0.1, 0.15) is 44.6 Å². The third kappa shape index (κ3) is 3.30. The Kier molecular flexibility index (Phi) is 4.57. The molecule has 4 aromatic rings. The van der Waals surface area contributed by atoms with Gasteiger partial charge in [0.25, 0.3) is 0 Å². The highest BCUT2D eigenvalue weighted by molar-refractivity contribution is 6.10. The first kappa shape index (κ1) is 17.6. The minimum atomic E-state index is 0.230. The molecule has 0 saturated heterocycles. The molecule has 140 valence electrons. The van der Waals surface area contributed by atoms with Crippen molar-refractivity contribution in [1.82, 2.24) is 0 Å². The van der Waals surface area contributed by atoms with Crippen LogP contribution in [0.5, 0.6) is 0 Å². The molecule has 0 radical (unpaired) electrons. The number of rotatable bonds is 4. The minimum absolute atomic E-state index is 0.230. The van der Waals surface area contributed by atoms with Gasteiger partial charge >= 0.3 is 0 Å². The van der Waals surface area contributed by atoms with Gasteiger partial charge in [-0.3, -0.25) is 4.79 Å². The molecule has 0 N–H and O–H groups in total. The topological polar surface area (TPSA) is 17.1 Å². The minimum Gasteiger partial charge on any atom is -0.294 e. The van der Waals surface area contributed by atoms with E-state index in [0.29, 0.717) is 6.42 Å². The first-order valence-corrected chi connectivity index (χ1v) is 10.2. The van der Waals surface area contributed by atoms with Gasteiger partial charge in [0.2, 0.25) is 0 Å². The molecule has 0 saturated carbocycles. The highest BCUT2D eigenvalue weighted by Crippen LogP contribution is 2.37.